The van der Waals surface area contributed by atoms with E-state index in [0.29, 0.717) is 0 Å². The van der Waals surface area contributed by atoms with Crippen LogP contribution in [0.1, 0.15) is 25.8 Å². The van der Waals surface area contributed by atoms with Crippen molar-refractivity contribution in [2.45, 2.75) is 26.4 Å². The Morgan fingerprint density at radius 2 is 1.94 bits per heavy atom. The van der Waals surface area contributed by atoms with Crippen molar-refractivity contribution < 1.29 is 14.3 Å². The van der Waals surface area contributed by atoms with Gasteiger partial charge in [-0.3, -0.25) is 9.59 Å². The maximum absolute atomic E-state index is 11.2. The zero-order chi connectivity index (χ0) is 12.7. The molecule has 3 heteroatoms. The van der Waals surface area contributed by atoms with Gasteiger partial charge in [-0.25, -0.2) is 0 Å². The Kier molecular flexibility index (Phi) is 5.14. The molecule has 1 atom stereocenters. The minimum atomic E-state index is -0.484. The van der Waals surface area contributed by atoms with Gasteiger partial charge >= 0.3 is 5.97 Å². The molecule has 0 aliphatic carbocycles. The van der Waals surface area contributed by atoms with Gasteiger partial charge in [0.15, 0.2) is 0 Å². The molecule has 1 aromatic carbocycles. The van der Waals surface area contributed by atoms with Crippen LogP contribution in [0.25, 0.3) is 6.08 Å². The van der Waals surface area contributed by atoms with Crippen LogP contribution in [0.2, 0.25) is 0 Å². The van der Waals surface area contributed by atoms with Crippen LogP contribution in [0.3, 0.4) is 0 Å². The van der Waals surface area contributed by atoms with E-state index in [9.17, 15) is 9.59 Å². The molecular weight excluding hydrogens is 216 g/mol. The van der Waals surface area contributed by atoms with Crippen molar-refractivity contribution in [1.82, 2.24) is 0 Å². The first-order valence-corrected chi connectivity index (χ1v) is 5.50. The predicted molar refractivity (Wildman–Crippen MR) is 66.3 cm³/mol. The second-order valence-electron chi connectivity index (χ2n) is 3.84. The van der Waals surface area contributed by atoms with Gasteiger partial charge < -0.3 is 4.74 Å². The second-order valence-corrected chi connectivity index (χ2v) is 3.84. The van der Waals surface area contributed by atoms with Gasteiger partial charge in [0.05, 0.1) is 0 Å². The second kappa shape index (κ2) is 6.63. The SMILES string of the molecule is CC(=O)CC(=O)OC(C)C=Cc1ccccc1. The van der Waals surface area contributed by atoms with Gasteiger partial charge in [-0.05, 0) is 25.5 Å². The van der Waals surface area contributed by atoms with E-state index in [1.807, 2.05) is 36.4 Å². The lowest BCUT2D eigenvalue weighted by molar-refractivity contribution is -0.147. The number of ketones is 1. The lowest BCUT2D eigenvalue weighted by Gasteiger charge is -2.07. The summed E-state index contributed by atoms with van der Waals surface area (Å²) in [6.07, 6.45) is 3.17. The van der Waals surface area contributed by atoms with E-state index in [1.165, 1.54) is 6.92 Å². The topological polar surface area (TPSA) is 43.4 Å². The van der Waals surface area contributed by atoms with Crippen molar-refractivity contribution in [3.05, 3.63) is 42.0 Å². The number of ether oxygens (including phenoxy) is 1. The normalized spacial score (nSPS) is 12.4. The average molecular weight is 232 g/mol. The molecule has 1 unspecified atom stereocenters. The van der Waals surface area contributed by atoms with E-state index >= 15 is 0 Å². The molecule has 0 aliphatic rings. The standard InChI is InChI=1S/C14H16O3/c1-11(15)10-14(16)17-12(2)8-9-13-6-4-3-5-7-13/h3-9,12H,10H2,1-2H3. The summed E-state index contributed by atoms with van der Waals surface area (Å²) in [5.41, 5.74) is 1.04. The number of esters is 1. The molecule has 0 aliphatic heterocycles. The number of carbonyl (C=O) groups is 2. The highest BCUT2D eigenvalue weighted by Gasteiger charge is 2.08. The number of rotatable bonds is 5. The number of hydrogen-bond acceptors (Lipinski definition) is 3. The zero-order valence-corrected chi connectivity index (χ0v) is 10.1. The summed E-state index contributed by atoms with van der Waals surface area (Å²) in [7, 11) is 0. The van der Waals surface area contributed by atoms with Crippen LogP contribution < -0.4 is 0 Å². The summed E-state index contributed by atoms with van der Waals surface area (Å²) in [5, 5.41) is 0. The van der Waals surface area contributed by atoms with Gasteiger partial charge in [0, 0.05) is 0 Å². The van der Waals surface area contributed by atoms with Crippen LogP contribution in [0, 0.1) is 0 Å². The molecule has 0 saturated heterocycles. The van der Waals surface area contributed by atoms with Crippen LogP contribution in [0.4, 0.5) is 0 Å². The fourth-order valence-corrected chi connectivity index (χ4v) is 1.30. The fourth-order valence-electron chi connectivity index (χ4n) is 1.30. The number of Topliss-reactive ketones (excluding diaryl/α,β-unsaturated/α-hetero) is 1. The van der Waals surface area contributed by atoms with Crippen LogP contribution in [-0.2, 0) is 14.3 Å². The molecular formula is C14H16O3. The fraction of sp³-hybridized carbons (Fsp3) is 0.286. The van der Waals surface area contributed by atoms with Gasteiger partial charge in [-0.15, -0.1) is 0 Å². The van der Waals surface area contributed by atoms with Gasteiger partial charge in [0.2, 0.25) is 0 Å². The summed E-state index contributed by atoms with van der Waals surface area (Å²) in [6.45, 7) is 3.13. The first-order chi connectivity index (χ1) is 8.08. The largest absolute Gasteiger partial charge is 0.458 e. The van der Waals surface area contributed by atoms with Crippen molar-refractivity contribution in [3.63, 3.8) is 0 Å². The Morgan fingerprint density at radius 1 is 1.29 bits per heavy atom. The molecule has 3 nitrogen and oxygen atoms in total. The van der Waals surface area contributed by atoms with Crippen molar-refractivity contribution in [1.29, 1.82) is 0 Å². The zero-order valence-electron chi connectivity index (χ0n) is 10.1. The van der Waals surface area contributed by atoms with Gasteiger partial charge in [0.25, 0.3) is 0 Å². The van der Waals surface area contributed by atoms with E-state index in [-0.39, 0.29) is 18.3 Å². The summed E-state index contributed by atoms with van der Waals surface area (Å²) < 4.78 is 5.04. The summed E-state index contributed by atoms with van der Waals surface area (Å²) >= 11 is 0. The average Bonchev–Trinajstić information content (AvgIpc) is 2.26. The van der Waals surface area contributed by atoms with Crippen molar-refractivity contribution in [2.24, 2.45) is 0 Å². The first kappa shape index (κ1) is 13.2. The lowest BCUT2D eigenvalue weighted by atomic mass is 10.2. The Balaban J connectivity index is 2.44. The quantitative estimate of drug-likeness (QED) is 0.579. The molecule has 0 radical (unpaired) electrons. The number of hydrogen-bond donors (Lipinski definition) is 0. The molecule has 90 valence electrons. The molecule has 0 bridgehead atoms. The molecule has 0 amide bonds. The number of benzene rings is 1. The Morgan fingerprint density at radius 3 is 2.53 bits per heavy atom. The minimum Gasteiger partial charge on any atom is -0.458 e. The smallest absolute Gasteiger partial charge is 0.313 e. The van der Waals surface area contributed by atoms with E-state index < -0.39 is 5.97 Å². The summed E-state index contributed by atoms with van der Waals surface area (Å²) in [4.78, 5) is 21.9. The Hall–Kier alpha value is -1.90. The van der Waals surface area contributed by atoms with Gasteiger partial charge in [0.1, 0.15) is 18.3 Å². The number of carbonyl (C=O) groups excluding carboxylic acids is 2. The van der Waals surface area contributed by atoms with Gasteiger partial charge in [-0.1, -0.05) is 36.4 Å². The third-order valence-corrected chi connectivity index (χ3v) is 2.07. The molecule has 0 saturated carbocycles. The van der Waals surface area contributed by atoms with E-state index in [1.54, 1.807) is 13.0 Å². The molecule has 0 heterocycles. The monoisotopic (exact) mass is 232 g/mol. The highest BCUT2D eigenvalue weighted by molar-refractivity contribution is 5.94. The third-order valence-electron chi connectivity index (χ3n) is 2.07. The van der Waals surface area contributed by atoms with Crippen LogP contribution >= 0.6 is 0 Å². The third kappa shape index (κ3) is 5.66. The van der Waals surface area contributed by atoms with Crippen molar-refractivity contribution in [2.75, 3.05) is 0 Å². The van der Waals surface area contributed by atoms with Crippen LogP contribution in [0.5, 0.6) is 0 Å². The molecule has 0 spiro atoms. The van der Waals surface area contributed by atoms with Crippen LogP contribution in [-0.4, -0.2) is 17.9 Å². The molecule has 1 rings (SSSR count). The maximum atomic E-state index is 11.2. The van der Waals surface area contributed by atoms with E-state index in [2.05, 4.69) is 0 Å². The summed E-state index contributed by atoms with van der Waals surface area (Å²) in [6, 6.07) is 9.73. The molecule has 0 N–H and O–H groups in total. The molecule has 0 fully saturated rings. The predicted octanol–water partition coefficient (Wildman–Crippen LogP) is 2.61. The van der Waals surface area contributed by atoms with E-state index in [4.69, 9.17) is 4.74 Å². The highest BCUT2D eigenvalue weighted by atomic mass is 16.5. The summed E-state index contributed by atoms with van der Waals surface area (Å²) in [5.74, 6) is -0.669. The van der Waals surface area contributed by atoms with Crippen LogP contribution in [0.15, 0.2) is 36.4 Å². The van der Waals surface area contributed by atoms with E-state index in [0.717, 1.165) is 5.56 Å². The van der Waals surface area contributed by atoms with Crippen molar-refractivity contribution >= 4 is 17.8 Å². The molecule has 0 aromatic heterocycles. The Bertz CT molecular complexity index is 407. The molecule has 17 heavy (non-hydrogen) atoms. The first-order valence-electron chi connectivity index (χ1n) is 5.50. The van der Waals surface area contributed by atoms with Crippen molar-refractivity contribution in [3.8, 4) is 0 Å². The van der Waals surface area contributed by atoms with Gasteiger partial charge in [-0.2, -0.15) is 0 Å². The minimum absolute atomic E-state index is 0.163. The lowest BCUT2D eigenvalue weighted by Crippen LogP contribution is -2.14. The Labute approximate surface area is 101 Å². The maximum Gasteiger partial charge on any atom is 0.313 e. The molecule has 1 aromatic rings. The highest BCUT2D eigenvalue weighted by Crippen LogP contribution is 2.04.